The summed E-state index contributed by atoms with van der Waals surface area (Å²) in [5.74, 6) is -0.963. The highest BCUT2D eigenvalue weighted by atomic mass is 32.2. The number of aryl methyl sites for hydroxylation is 1. The van der Waals surface area contributed by atoms with Crippen LogP contribution in [-0.2, 0) is 26.9 Å². The van der Waals surface area contributed by atoms with Crippen LogP contribution >= 0.6 is 0 Å². The number of nitrogens with zero attached hydrogens (tertiary/aromatic N) is 3. The number of halogens is 1. The predicted octanol–water partition coefficient (Wildman–Crippen LogP) is 1.11. The lowest BCUT2D eigenvalue weighted by Gasteiger charge is -2.18. The van der Waals surface area contributed by atoms with E-state index in [-0.39, 0.29) is 35.9 Å². The normalized spacial score (nSPS) is 21.8. The number of sulfone groups is 1. The average Bonchev–Trinajstić information content (AvgIpc) is 2.91. The Morgan fingerprint density at radius 2 is 1.96 bits per heavy atom. The molecule has 0 amide bonds. The molecule has 1 aliphatic rings. The third kappa shape index (κ3) is 3.46. The van der Waals surface area contributed by atoms with Crippen molar-refractivity contribution in [3.05, 3.63) is 48.2 Å². The summed E-state index contributed by atoms with van der Waals surface area (Å²) in [4.78, 5) is 3.84. The Balaban J connectivity index is 1.92. The van der Waals surface area contributed by atoms with Crippen molar-refractivity contribution >= 4 is 19.9 Å². The van der Waals surface area contributed by atoms with E-state index in [1.54, 1.807) is 13.1 Å². The van der Waals surface area contributed by atoms with Crippen LogP contribution in [0.3, 0.4) is 0 Å². The number of aromatic nitrogens is 2. The van der Waals surface area contributed by atoms with E-state index >= 15 is 0 Å². The molecule has 25 heavy (non-hydrogen) atoms. The van der Waals surface area contributed by atoms with Crippen molar-refractivity contribution in [2.45, 2.75) is 16.7 Å². The van der Waals surface area contributed by atoms with Crippen LogP contribution in [0.25, 0.3) is 0 Å². The predicted molar refractivity (Wildman–Crippen MR) is 89.5 cm³/mol. The number of rotatable bonds is 3. The number of benzene rings is 1. The van der Waals surface area contributed by atoms with Crippen LogP contribution in [0.2, 0.25) is 0 Å². The molecule has 1 unspecified atom stereocenters. The van der Waals surface area contributed by atoms with E-state index in [0.29, 0.717) is 0 Å². The minimum absolute atomic E-state index is 0.00463. The lowest BCUT2D eigenvalue weighted by molar-refractivity contribution is 0.425. The molecule has 0 radical (unpaired) electrons. The summed E-state index contributed by atoms with van der Waals surface area (Å²) in [6.07, 6.45) is 2.72. The molecule has 0 aliphatic carbocycles. The van der Waals surface area contributed by atoms with Crippen LogP contribution in [-0.4, -0.2) is 49.5 Å². The molecule has 0 N–H and O–H groups in total. The molecular weight excluding hydrogens is 369 g/mol. The van der Waals surface area contributed by atoms with Crippen molar-refractivity contribution in [1.29, 1.82) is 0 Å². The summed E-state index contributed by atoms with van der Waals surface area (Å²) in [6.45, 7) is -0.191. The minimum atomic E-state index is -3.89. The van der Waals surface area contributed by atoms with Gasteiger partial charge in [0.1, 0.15) is 5.82 Å². The first-order valence-electron chi connectivity index (χ1n) is 7.66. The fourth-order valence-corrected chi connectivity index (χ4v) is 6.24. The van der Waals surface area contributed by atoms with Gasteiger partial charge in [-0.3, -0.25) is 0 Å². The van der Waals surface area contributed by atoms with Gasteiger partial charge >= 0.3 is 0 Å². The van der Waals surface area contributed by atoms with Gasteiger partial charge in [-0.2, -0.15) is 4.31 Å². The standard InChI is InChI=1S/C15H18FN3O4S2/c1-18-10-15(17-11-18)25(22,23)19-7-6-14(24(20,21)9-8-19)12-4-2-3-5-13(12)16/h2-5,10-11,14H,6-9H2,1H3. The quantitative estimate of drug-likeness (QED) is 0.787. The van der Waals surface area contributed by atoms with Gasteiger partial charge < -0.3 is 4.57 Å². The molecule has 136 valence electrons. The molecule has 1 atom stereocenters. The van der Waals surface area contributed by atoms with E-state index in [9.17, 15) is 21.2 Å². The summed E-state index contributed by atoms with van der Waals surface area (Å²) in [6, 6.07) is 5.69. The van der Waals surface area contributed by atoms with E-state index in [2.05, 4.69) is 4.98 Å². The van der Waals surface area contributed by atoms with E-state index in [1.807, 2.05) is 0 Å². The molecule has 1 fully saturated rings. The molecule has 0 saturated carbocycles. The van der Waals surface area contributed by atoms with E-state index in [1.165, 1.54) is 35.3 Å². The fourth-order valence-electron chi connectivity index (χ4n) is 2.90. The summed E-state index contributed by atoms with van der Waals surface area (Å²) in [5, 5.41) is -1.19. The first kappa shape index (κ1) is 18.0. The van der Waals surface area contributed by atoms with Crippen molar-refractivity contribution < 1.29 is 21.2 Å². The third-order valence-corrected chi connectivity index (χ3v) is 8.13. The maximum atomic E-state index is 14.0. The molecule has 1 aliphatic heterocycles. The van der Waals surface area contributed by atoms with Crippen molar-refractivity contribution in [3.8, 4) is 0 Å². The van der Waals surface area contributed by atoms with Gasteiger partial charge in [0.15, 0.2) is 14.9 Å². The summed E-state index contributed by atoms with van der Waals surface area (Å²) >= 11 is 0. The van der Waals surface area contributed by atoms with Gasteiger partial charge in [-0.05, 0) is 12.5 Å². The van der Waals surface area contributed by atoms with Crippen molar-refractivity contribution in [2.24, 2.45) is 7.05 Å². The van der Waals surface area contributed by atoms with Crippen LogP contribution in [0, 0.1) is 5.82 Å². The van der Waals surface area contributed by atoms with E-state index in [0.717, 1.165) is 4.31 Å². The van der Waals surface area contributed by atoms with Gasteiger partial charge in [0.05, 0.1) is 17.3 Å². The summed E-state index contributed by atoms with van der Waals surface area (Å²) in [5.41, 5.74) is 0.0829. The monoisotopic (exact) mass is 387 g/mol. The lowest BCUT2D eigenvalue weighted by atomic mass is 10.1. The van der Waals surface area contributed by atoms with Crippen LogP contribution in [0.1, 0.15) is 17.2 Å². The molecule has 10 heteroatoms. The summed E-state index contributed by atoms with van der Waals surface area (Å²) in [7, 11) is -5.92. The zero-order valence-electron chi connectivity index (χ0n) is 13.5. The molecule has 7 nitrogen and oxygen atoms in total. The maximum Gasteiger partial charge on any atom is 0.262 e. The molecule has 2 aromatic rings. The largest absolute Gasteiger partial charge is 0.339 e. The Hall–Kier alpha value is -1.78. The van der Waals surface area contributed by atoms with E-state index < -0.39 is 30.9 Å². The van der Waals surface area contributed by atoms with Gasteiger partial charge in [0.25, 0.3) is 10.0 Å². The molecule has 3 rings (SSSR count). The second kappa shape index (κ2) is 6.50. The Kier molecular flexibility index (Phi) is 4.69. The van der Waals surface area contributed by atoms with Crippen LogP contribution < -0.4 is 0 Å². The average molecular weight is 387 g/mol. The summed E-state index contributed by atoms with van der Waals surface area (Å²) < 4.78 is 67.1. The Morgan fingerprint density at radius 3 is 2.60 bits per heavy atom. The van der Waals surface area contributed by atoms with Crippen molar-refractivity contribution in [2.75, 3.05) is 18.8 Å². The Morgan fingerprint density at radius 1 is 1.24 bits per heavy atom. The topological polar surface area (TPSA) is 89.3 Å². The second-order valence-electron chi connectivity index (χ2n) is 5.95. The lowest BCUT2D eigenvalue weighted by Crippen LogP contribution is -2.33. The third-order valence-electron chi connectivity index (χ3n) is 4.24. The second-order valence-corrected chi connectivity index (χ2v) is 10.1. The SMILES string of the molecule is Cn1cnc(S(=O)(=O)N2CCC(c3ccccc3F)S(=O)(=O)CC2)c1. The number of imidazole rings is 1. The van der Waals surface area contributed by atoms with Gasteiger partial charge in [-0.1, -0.05) is 18.2 Å². The molecule has 0 spiro atoms. The molecule has 0 bridgehead atoms. The van der Waals surface area contributed by atoms with E-state index in [4.69, 9.17) is 0 Å². The van der Waals surface area contributed by atoms with Gasteiger partial charge in [-0.25, -0.2) is 26.2 Å². The maximum absolute atomic E-state index is 14.0. The molecule has 1 aromatic carbocycles. The zero-order valence-corrected chi connectivity index (χ0v) is 15.2. The van der Waals surface area contributed by atoms with Gasteiger partial charge in [0, 0.05) is 31.9 Å². The van der Waals surface area contributed by atoms with Crippen molar-refractivity contribution in [1.82, 2.24) is 13.9 Å². The molecular formula is C15H18FN3O4S2. The Labute approximate surface area is 146 Å². The number of hydrogen-bond acceptors (Lipinski definition) is 5. The minimum Gasteiger partial charge on any atom is -0.339 e. The highest BCUT2D eigenvalue weighted by molar-refractivity contribution is 7.92. The van der Waals surface area contributed by atoms with Gasteiger partial charge in [-0.15, -0.1) is 0 Å². The number of hydrogen-bond donors (Lipinski definition) is 0. The highest BCUT2D eigenvalue weighted by Gasteiger charge is 2.37. The van der Waals surface area contributed by atoms with Crippen LogP contribution in [0.15, 0.2) is 41.8 Å². The molecule has 2 heterocycles. The highest BCUT2D eigenvalue weighted by Crippen LogP contribution is 2.32. The number of sulfonamides is 1. The first-order chi connectivity index (χ1) is 11.7. The zero-order chi connectivity index (χ0) is 18.2. The van der Waals surface area contributed by atoms with Crippen molar-refractivity contribution in [3.63, 3.8) is 0 Å². The molecule has 1 aromatic heterocycles. The fraction of sp³-hybridized carbons (Fsp3) is 0.400. The molecule has 1 saturated heterocycles. The first-order valence-corrected chi connectivity index (χ1v) is 10.8. The van der Waals surface area contributed by atoms with Crippen LogP contribution in [0.4, 0.5) is 4.39 Å². The van der Waals surface area contributed by atoms with Gasteiger partial charge in [0.2, 0.25) is 0 Å². The van der Waals surface area contributed by atoms with Crippen LogP contribution in [0.5, 0.6) is 0 Å². The smallest absolute Gasteiger partial charge is 0.262 e. The Bertz CT molecular complexity index is 986.